The van der Waals surface area contributed by atoms with Crippen molar-refractivity contribution in [1.29, 1.82) is 0 Å². The Balaban J connectivity index is 1.43. The largest absolute Gasteiger partial charge is 0.342 e. The van der Waals surface area contributed by atoms with Crippen LogP contribution in [0.15, 0.2) is 24.3 Å². The summed E-state index contributed by atoms with van der Waals surface area (Å²) >= 11 is 5.77. The molecule has 128 valence electrons. The van der Waals surface area contributed by atoms with E-state index in [0.29, 0.717) is 36.5 Å². The van der Waals surface area contributed by atoms with Gasteiger partial charge in [-0.2, -0.15) is 0 Å². The highest BCUT2D eigenvalue weighted by molar-refractivity contribution is 6.30. The van der Waals surface area contributed by atoms with E-state index in [2.05, 4.69) is 10.9 Å². The van der Waals surface area contributed by atoms with Crippen molar-refractivity contribution in [3.8, 4) is 0 Å². The Morgan fingerprint density at radius 3 is 2.12 bits per heavy atom. The van der Waals surface area contributed by atoms with E-state index in [1.807, 2.05) is 4.90 Å². The monoisotopic (exact) mass is 349 g/mol. The van der Waals surface area contributed by atoms with Crippen LogP contribution < -0.4 is 10.9 Å². The van der Waals surface area contributed by atoms with Gasteiger partial charge in [-0.3, -0.25) is 25.2 Å². The van der Waals surface area contributed by atoms with E-state index < -0.39 is 0 Å². The maximum absolute atomic E-state index is 12.2. The standard InChI is InChI=1S/C17H20ClN3O3/c18-14-5-3-11(4-6-14)15(22)19-20-16(23)12-7-9-21(10-8-12)17(24)13-1-2-13/h3-6,12-13H,1-2,7-10H2,(H,19,22)(H,20,23). The summed E-state index contributed by atoms with van der Waals surface area (Å²) in [5.74, 6) is -0.338. The third-order valence-electron chi connectivity index (χ3n) is 4.51. The van der Waals surface area contributed by atoms with Crippen LogP contribution in [0.4, 0.5) is 0 Å². The summed E-state index contributed by atoms with van der Waals surface area (Å²) in [6.45, 7) is 1.22. The number of carbonyl (C=O) groups excluding carboxylic acids is 3. The van der Waals surface area contributed by atoms with E-state index in [4.69, 9.17) is 11.6 Å². The number of halogens is 1. The highest BCUT2D eigenvalue weighted by atomic mass is 35.5. The van der Waals surface area contributed by atoms with Crippen molar-refractivity contribution in [2.24, 2.45) is 11.8 Å². The molecule has 0 bridgehead atoms. The molecule has 1 aromatic rings. The van der Waals surface area contributed by atoms with Gasteiger partial charge in [0, 0.05) is 35.5 Å². The van der Waals surface area contributed by atoms with Crippen molar-refractivity contribution in [2.75, 3.05) is 13.1 Å². The first-order chi connectivity index (χ1) is 11.5. The Morgan fingerprint density at radius 1 is 0.917 bits per heavy atom. The molecule has 0 spiro atoms. The number of hydrazine groups is 1. The lowest BCUT2D eigenvalue weighted by atomic mass is 9.96. The van der Waals surface area contributed by atoms with Crippen molar-refractivity contribution in [3.05, 3.63) is 34.9 Å². The molecule has 0 radical (unpaired) electrons. The number of carbonyl (C=O) groups is 3. The molecular formula is C17H20ClN3O3. The van der Waals surface area contributed by atoms with E-state index in [0.717, 1.165) is 12.8 Å². The minimum atomic E-state index is -0.388. The van der Waals surface area contributed by atoms with Gasteiger partial charge in [0.25, 0.3) is 5.91 Å². The number of amides is 3. The summed E-state index contributed by atoms with van der Waals surface area (Å²) in [6.07, 6.45) is 3.24. The highest BCUT2D eigenvalue weighted by Crippen LogP contribution is 2.32. The lowest BCUT2D eigenvalue weighted by molar-refractivity contribution is -0.136. The number of hydrogen-bond donors (Lipinski definition) is 2. The molecule has 1 saturated heterocycles. The molecule has 6 nitrogen and oxygen atoms in total. The first-order valence-corrected chi connectivity index (χ1v) is 8.57. The van der Waals surface area contributed by atoms with Crippen LogP contribution in [0, 0.1) is 11.8 Å². The van der Waals surface area contributed by atoms with E-state index in [-0.39, 0.29) is 29.6 Å². The van der Waals surface area contributed by atoms with Gasteiger partial charge in [0.05, 0.1) is 0 Å². The second-order valence-electron chi connectivity index (χ2n) is 6.32. The molecular weight excluding hydrogens is 330 g/mol. The molecule has 3 rings (SSSR count). The molecule has 1 saturated carbocycles. The van der Waals surface area contributed by atoms with Gasteiger partial charge in [0.15, 0.2) is 0 Å². The van der Waals surface area contributed by atoms with Crippen LogP contribution in [-0.4, -0.2) is 35.7 Å². The molecule has 3 amide bonds. The first-order valence-electron chi connectivity index (χ1n) is 8.19. The van der Waals surface area contributed by atoms with Crippen molar-refractivity contribution < 1.29 is 14.4 Å². The molecule has 2 aliphatic rings. The van der Waals surface area contributed by atoms with E-state index in [9.17, 15) is 14.4 Å². The third-order valence-corrected chi connectivity index (χ3v) is 4.76. The van der Waals surface area contributed by atoms with Gasteiger partial charge >= 0.3 is 0 Å². The topological polar surface area (TPSA) is 78.5 Å². The normalized spacial score (nSPS) is 18.1. The van der Waals surface area contributed by atoms with Gasteiger partial charge in [-0.05, 0) is 49.9 Å². The summed E-state index contributed by atoms with van der Waals surface area (Å²) in [6, 6.07) is 6.41. The Bertz CT molecular complexity index is 635. The molecule has 0 aromatic heterocycles. The molecule has 0 unspecified atom stereocenters. The minimum absolute atomic E-state index is 0.182. The van der Waals surface area contributed by atoms with Crippen molar-refractivity contribution in [1.82, 2.24) is 15.8 Å². The molecule has 24 heavy (non-hydrogen) atoms. The Kier molecular flexibility index (Phi) is 5.04. The fourth-order valence-electron chi connectivity index (χ4n) is 2.84. The zero-order chi connectivity index (χ0) is 17.1. The summed E-state index contributed by atoms with van der Waals surface area (Å²) in [4.78, 5) is 38.0. The predicted molar refractivity (Wildman–Crippen MR) is 89.1 cm³/mol. The number of piperidine rings is 1. The van der Waals surface area contributed by atoms with E-state index in [1.165, 1.54) is 0 Å². The Labute approximate surface area is 145 Å². The van der Waals surface area contributed by atoms with E-state index in [1.54, 1.807) is 24.3 Å². The van der Waals surface area contributed by atoms with Crippen LogP contribution in [0.2, 0.25) is 5.02 Å². The minimum Gasteiger partial charge on any atom is -0.342 e. The van der Waals surface area contributed by atoms with Gasteiger partial charge in [-0.1, -0.05) is 11.6 Å². The maximum atomic E-state index is 12.2. The van der Waals surface area contributed by atoms with Crippen molar-refractivity contribution >= 4 is 29.3 Å². The summed E-state index contributed by atoms with van der Waals surface area (Å²) in [7, 11) is 0. The molecule has 1 aliphatic heterocycles. The van der Waals surface area contributed by atoms with Gasteiger partial charge in [-0.25, -0.2) is 0 Å². The summed E-state index contributed by atoms with van der Waals surface area (Å²) in [5, 5.41) is 0.545. The van der Waals surface area contributed by atoms with Crippen LogP contribution in [0.5, 0.6) is 0 Å². The highest BCUT2D eigenvalue weighted by Gasteiger charge is 2.35. The lowest BCUT2D eigenvalue weighted by Crippen LogP contribution is -2.48. The second kappa shape index (κ2) is 7.21. The first kappa shape index (κ1) is 16.8. The summed E-state index contributed by atoms with van der Waals surface area (Å²) < 4.78 is 0. The fourth-order valence-corrected chi connectivity index (χ4v) is 2.97. The zero-order valence-corrected chi connectivity index (χ0v) is 14.0. The van der Waals surface area contributed by atoms with Gasteiger partial charge < -0.3 is 4.90 Å². The average Bonchev–Trinajstić information content (AvgIpc) is 3.44. The lowest BCUT2D eigenvalue weighted by Gasteiger charge is -2.31. The molecule has 1 aliphatic carbocycles. The predicted octanol–water partition coefficient (Wildman–Crippen LogP) is 1.75. The second-order valence-corrected chi connectivity index (χ2v) is 6.76. The third kappa shape index (κ3) is 4.06. The number of hydrogen-bond acceptors (Lipinski definition) is 3. The van der Waals surface area contributed by atoms with Gasteiger partial charge in [-0.15, -0.1) is 0 Å². The molecule has 2 fully saturated rings. The van der Waals surface area contributed by atoms with Crippen LogP contribution >= 0.6 is 11.6 Å². The van der Waals surface area contributed by atoms with Crippen LogP contribution in [0.3, 0.4) is 0 Å². The Morgan fingerprint density at radius 2 is 1.54 bits per heavy atom. The zero-order valence-electron chi connectivity index (χ0n) is 13.3. The number of rotatable bonds is 3. The smallest absolute Gasteiger partial charge is 0.269 e. The van der Waals surface area contributed by atoms with Crippen molar-refractivity contribution in [2.45, 2.75) is 25.7 Å². The number of nitrogens with one attached hydrogen (secondary N) is 2. The van der Waals surface area contributed by atoms with Gasteiger partial charge in [0.1, 0.15) is 0 Å². The molecule has 1 heterocycles. The SMILES string of the molecule is O=C(NNC(=O)C1CCN(C(=O)C2CC2)CC1)c1ccc(Cl)cc1. The summed E-state index contributed by atoms with van der Waals surface area (Å²) in [5.41, 5.74) is 5.31. The molecule has 2 N–H and O–H groups in total. The quantitative estimate of drug-likeness (QED) is 0.816. The molecule has 1 aromatic carbocycles. The fraction of sp³-hybridized carbons (Fsp3) is 0.471. The average molecular weight is 350 g/mol. The van der Waals surface area contributed by atoms with Crippen molar-refractivity contribution in [3.63, 3.8) is 0 Å². The Hall–Kier alpha value is -2.08. The van der Waals surface area contributed by atoms with E-state index >= 15 is 0 Å². The van der Waals surface area contributed by atoms with Crippen LogP contribution in [-0.2, 0) is 9.59 Å². The van der Waals surface area contributed by atoms with Gasteiger partial charge in [0.2, 0.25) is 11.8 Å². The number of benzene rings is 1. The number of nitrogens with zero attached hydrogens (tertiary/aromatic N) is 1. The number of likely N-dealkylation sites (tertiary alicyclic amines) is 1. The maximum Gasteiger partial charge on any atom is 0.269 e. The van der Waals surface area contributed by atoms with Crippen LogP contribution in [0.1, 0.15) is 36.0 Å². The van der Waals surface area contributed by atoms with Crippen LogP contribution in [0.25, 0.3) is 0 Å². The molecule has 0 atom stereocenters. The molecule has 7 heteroatoms.